The standard InChI is InChI=1S/C19H16ClN5/c1-13-9-10-21-19(23-13)22-11-16-18(14-5-3-2-4-6-14)24-17-8-7-15(20)12-25(16)17/h2-10,12H,11H2,1H3,(H,21,22,23). The van der Waals surface area contributed by atoms with Crippen molar-refractivity contribution < 1.29 is 0 Å². The highest BCUT2D eigenvalue weighted by atomic mass is 35.5. The molecule has 0 saturated carbocycles. The van der Waals surface area contributed by atoms with Crippen molar-refractivity contribution in [1.29, 1.82) is 0 Å². The lowest BCUT2D eigenvalue weighted by molar-refractivity contribution is 0.969. The molecule has 4 aromatic rings. The van der Waals surface area contributed by atoms with Crippen LogP contribution < -0.4 is 5.32 Å². The van der Waals surface area contributed by atoms with Gasteiger partial charge in [-0.1, -0.05) is 41.9 Å². The molecular weight excluding hydrogens is 334 g/mol. The van der Waals surface area contributed by atoms with E-state index in [4.69, 9.17) is 16.6 Å². The van der Waals surface area contributed by atoms with Gasteiger partial charge in [-0.2, -0.15) is 0 Å². The van der Waals surface area contributed by atoms with Crippen LogP contribution in [0, 0.1) is 6.92 Å². The zero-order chi connectivity index (χ0) is 17.2. The fourth-order valence-electron chi connectivity index (χ4n) is 2.76. The van der Waals surface area contributed by atoms with Crippen molar-refractivity contribution in [3.63, 3.8) is 0 Å². The van der Waals surface area contributed by atoms with E-state index in [2.05, 4.69) is 27.4 Å². The number of aromatic nitrogens is 4. The van der Waals surface area contributed by atoms with Gasteiger partial charge in [0.2, 0.25) is 5.95 Å². The van der Waals surface area contributed by atoms with E-state index in [9.17, 15) is 0 Å². The van der Waals surface area contributed by atoms with E-state index in [1.807, 2.05) is 53.9 Å². The van der Waals surface area contributed by atoms with E-state index in [0.717, 1.165) is 28.3 Å². The molecule has 3 heterocycles. The number of nitrogens with one attached hydrogen (secondary N) is 1. The van der Waals surface area contributed by atoms with Gasteiger partial charge in [-0.25, -0.2) is 15.0 Å². The molecule has 0 saturated heterocycles. The Morgan fingerprint density at radius 3 is 2.68 bits per heavy atom. The van der Waals surface area contributed by atoms with Crippen molar-refractivity contribution in [2.75, 3.05) is 5.32 Å². The number of hydrogen-bond donors (Lipinski definition) is 1. The van der Waals surface area contributed by atoms with Crippen LogP contribution in [-0.2, 0) is 6.54 Å². The van der Waals surface area contributed by atoms with Gasteiger partial charge in [-0.3, -0.25) is 0 Å². The molecule has 124 valence electrons. The summed E-state index contributed by atoms with van der Waals surface area (Å²) in [7, 11) is 0. The normalized spacial score (nSPS) is 11.0. The molecule has 0 atom stereocenters. The van der Waals surface area contributed by atoms with Crippen molar-refractivity contribution in [1.82, 2.24) is 19.4 Å². The first-order valence-electron chi connectivity index (χ1n) is 7.96. The second-order valence-corrected chi connectivity index (χ2v) is 6.16. The van der Waals surface area contributed by atoms with Crippen molar-refractivity contribution in [3.05, 3.63) is 77.3 Å². The van der Waals surface area contributed by atoms with Crippen molar-refractivity contribution in [2.45, 2.75) is 13.5 Å². The fraction of sp³-hybridized carbons (Fsp3) is 0.105. The first-order chi connectivity index (χ1) is 12.2. The molecule has 5 nitrogen and oxygen atoms in total. The maximum Gasteiger partial charge on any atom is 0.223 e. The van der Waals surface area contributed by atoms with Gasteiger partial charge in [0.1, 0.15) is 5.65 Å². The summed E-state index contributed by atoms with van der Waals surface area (Å²) in [5.74, 6) is 0.594. The van der Waals surface area contributed by atoms with Crippen LogP contribution in [-0.4, -0.2) is 19.4 Å². The average molecular weight is 350 g/mol. The third-order valence-corrected chi connectivity index (χ3v) is 4.16. The van der Waals surface area contributed by atoms with Crippen molar-refractivity contribution in [2.24, 2.45) is 0 Å². The summed E-state index contributed by atoms with van der Waals surface area (Å²) < 4.78 is 2.01. The molecule has 0 fully saturated rings. The van der Waals surface area contributed by atoms with E-state index in [0.29, 0.717) is 17.5 Å². The Balaban J connectivity index is 1.78. The Morgan fingerprint density at radius 1 is 1.04 bits per heavy atom. The number of fused-ring (bicyclic) bond motifs is 1. The summed E-state index contributed by atoms with van der Waals surface area (Å²) in [6.07, 6.45) is 3.62. The largest absolute Gasteiger partial charge is 0.349 e. The predicted molar refractivity (Wildman–Crippen MR) is 99.7 cm³/mol. The molecule has 0 aliphatic carbocycles. The van der Waals surface area contributed by atoms with E-state index in [1.165, 1.54) is 0 Å². The number of pyridine rings is 1. The number of rotatable bonds is 4. The fourth-order valence-corrected chi connectivity index (χ4v) is 2.92. The highest BCUT2D eigenvalue weighted by Crippen LogP contribution is 2.26. The Bertz CT molecular complexity index is 1030. The van der Waals surface area contributed by atoms with E-state index in [1.54, 1.807) is 6.20 Å². The molecule has 3 aromatic heterocycles. The quantitative estimate of drug-likeness (QED) is 0.594. The van der Waals surface area contributed by atoms with Gasteiger partial charge in [-0.05, 0) is 25.1 Å². The number of nitrogens with zero attached hydrogens (tertiary/aromatic N) is 4. The summed E-state index contributed by atoms with van der Waals surface area (Å²) in [6, 6.07) is 15.7. The van der Waals surface area contributed by atoms with Gasteiger partial charge in [0, 0.05) is 23.7 Å². The Kier molecular flexibility index (Phi) is 4.07. The molecule has 0 bridgehead atoms. The second kappa shape index (κ2) is 6.53. The third-order valence-electron chi connectivity index (χ3n) is 3.94. The van der Waals surface area contributed by atoms with Crippen LogP contribution in [0.4, 0.5) is 5.95 Å². The van der Waals surface area contributed by atoms with E-state index < -0.39 is 0 Å². The van der Waals surface area contributed by atoms with Gasteiger partial charge < -0.3 is 9.72 Å². The minimum atomic E-state index is 0.537. The Hall–Kier alpha value is -2.92. The molecule has 0 aliphatic heterocycles. The lowest BCUT2D eigenvalue weighted by atomic mass is 10.1. The highest BCUT2D eigenvalue weighted by molar-refractivity contribution is 6.30. The Labute approximate surface area is 150 Å². The average Bonchev–Trinajstić information content (AvgIpc) is 2.98. The van der Waals surface area contributed by atoms with Gasteiger partial charge in [-0.15, -0.1) is 0 Å². The summed E-state index contributed by atoms with van der Waals surface area (Å²) >= 11 is 6.19. The molecule has 25 heavy (non-hydrogen) atoms. The minimum Gasteiger partial charge on any atom is -0.349 e. The number of anilines is 1. The molecule has 0 unspecified atom stereocenters. The maximum atomic E-state index is 6.19. The lowest BCUT2D eigenvalue weighted by Crippen LogP contribution is -2.07. The second-order valence-electron chi connectivity index (χ2n) is 5.72. The molecule has 1 aromatic carbocycles. The molecule has 0 amide bonds. The topological polar surface area (TPSA) is 55.1 Å². The molecular formula is C19H16ClN5. The van der Waals surface area contributed by atoms with Crippen molar-refractivity contribution >= 4 is 23.2 Å². The highest BCUT2D eigenvalue weighted by Gasteiger charge is 2.14. The molecule has 4 rings (SSSR count). The molecule has 6 heteroatoms. The van der Waals surface area contributed by atoms with Crippen molar-refractivity contribution in [3.8, 4) is 11.3 Å². The SMILES string of the molecule is Cc1ccnc(NCc2c(-c3ccccc3)nc3ccc(Cl)cn23)n1. The van der Waals surface area contributed by atoms with Gasteiger partial charge in [0.25, 0.3) is 0 Å². The molecule has 0 aliphatic rings. The predicted octanol–water partition coefficient (Wildman–Crippen LogP) is 4.37. The smallest absolute Gasteiger partial charge is 0.223 e. The molecule has 1 N–H and O–H groups in total. The molecule has 0 radical (unpaired) electrons. The summed E-state index contributed by atoms with van der Waals surface area (Å²) in [6.45, 7) is 2.48. The summed E-state index contributed by atoms with van der Waals surface area (Å²) in [5.41, 5.74) is 4.76. The van der Waals surface area contributed by atoms with Crippen LogP contribution in [0.3, 0.4) is 0 Å². The summed E-state index contributed by atoms with van der Waals surface area (Å²) in [4.78, 5) is 13.4. The van der Waals surface area contributed by atoms with Crippen LogP contribution >= 0.6 is 11.6 Å². The number of imidazole rings is 1. The lowest BCUT2D eigenvalue weighted by Gasteiger charge is -2.08. The third kappa shape index (κ3) is 3.19. The van der Waals surface area contributed by atoms with Gasteiger partial charge >= 0.3 is 0 Å². The van der Waals surface area contributed by atoms with Crippen LogP contribution in [0.5, 0.6) is 0 Å². The number of benzene rings is 1. The van der Waals surface area contributed by atoms with Gasteiger partial charge in [0.15, 0.2) is 0 Å². The number of aryl methyl sites for hydroxylation is 1. The summed E-state index contributed by atoms with van der Waals surface area (Å²) in [5, 5.41) is 3.95. The van der Waals surface area contributed by atoms with Gasteiger partial charge in [0.05, 0.1) is 23.0 Å². The van der Waals surface area contributed by atoms with E-state index >= 15 is 0 Å². The Morgan fingerprint density at radius 2 is 1.88 bits per heavy atom. The zero-order valence-corrected chi connectivity index (χ0v) is 14.4. The van der Waals surface area contributed by atoms with Crippen LogP contribution in [0.15, 0.2) is 60.9 Å². The maximum absolute atomic E-state index is 6.19. The molecule has 0 spiro atoms. The van der Waals surface area contributed by atoms with Crippen LogP contribution in [0.25, 0.3) is 16.9 Å². The zero-order valence-electron chi connectivity index (χ0n) is 13.6. The van der Waals surface area contributed by atoms with Crippen LogP contribution in [0.1, 0.15) is 11.4 Å². The number of hydrogen-bond acceptors (Lipinski definition) is 4. The number of halogens is 1. The van der Waals surface area contributed by atoms with E-state index in [-0.39, 0.29) is 0 Å². The minimum absolute atomic E-state index is 0.537. The first-order valence-corrected chi connectivity index (χ1v) is 8.34. The first kappa shape index (κ1) is 15.6. The van der Waals surface area contributed by atoms with Crippen LogP contribution in [0.2, 0.25) is 5.02 Å². The monoisotopic (exact) mass is 349 g/mol.